The minimum absolute atomic E-state index is 0.625. The van der Waals surface area contributed by atoms with Gasteiger partial charge in [0.1, 0.15) is 18.2 Å². The van der Waals surface area contributed by atoms with E-state index in [0.717, 1.165) is 0 Å². The topological polar surface area (TPSA) is 114 Å². The van der Waals surface area contributed by atoms with Gasteiger partial charge in [-0.05, 0) is 6.92 Å². The second-order valence-electron chi connectivity index (χ2n) is 3.90. The van der Waals surface area contributed by atoms with Gasteiger partial charge in [0.25, 0.3) is 5.91 Å². The van der Waals surface area contributed by atoms with E-state index in [1.54, 1.807) is 0 Å². The second kappa shape index (κ2) is 6.10. The summed E-state index contributed by atoms with van der Waals surface area (Å²) in [4.78, 5) is 22.8. The lowest BCUT2D eigenvalue weighted by atomic mass is 10.1. The van der Waals surface area contributed by atoms with E-state index in [-0.39, 0.29) is 0 Å². The Labute approximate surface area is 104 Å². The van der Waals surface area contributed by atoms with Crippen molar-refractivity contribution in [3.05, 3.63) is 0 Å². The van der Waals surface area contributed by atoms with Gasteiger partial charge in [-0.25, -0.2) is 4.79 Å². The third-order valence-electron chi connectivity index (χ3n) is 2.62. The van der Waals surface area contributed by atoms with Gasteiger partial charge in [-0.1, -0.05) is 0 Å². The van der Waals surface area contributed by atoms with Crippen LogP contribution in [0.5, 0.6) is 0 Å². The third-order valence-corrected chi connectivity index (χ3v) is 2.62. The Balaban J connectivity index is 2.60. The van der Waals surface area contributed by atoms with Crippen LogP contribution in [-0.2, 0) is 23.8 Å². The van der Waals surface area contributed by atoms with Crippen molar-refractivity contribution in [1.82, 2.24) is 5.32 Å². The van der Waals surface area contributed by atoms with Crippen molar-refractivity contribution in [2.75, 3.05) is 14.2 Å². The number of ether oxygens (including phenoxy) is 3. The standard InChI is InChI=1S/C10H17NO7/c1-4(9(15)16-2)11-8(14)7-5(12)6(13)10(17-3)18-7/h4-7,10,12-13H,1-3H3,(H,11,14)/t4-,5-,6+,7-,10+/m0/s1. The Morgan fingerprint density at radius 3 is 2.33 bits per heavy atom. The Morgan fingerprint density at radius 2 is 1.89 bits per heavy atom. The average molecular weight is 263 g/mol. The van der Waals surface area contributed by atoms with Crippen LogP contribution < -0.4 is 5.32 Å². The highest BCUT2D eigenvalue weighted by Crippen LogP contribution is 2.21. The third kappa shape index (κ3) is 2.96. The van der Waals surface area contributed by atoms with E-state index in [2.05, 4.69) is 10.1 Å². The molecule has 8 heteroatoms. The minimum atomic E-state index is -1.42. The molecule has 1 rings (SSSR count). The molecule has 5 atom stereocenters. The average Bonchev–Trinajstić information content (AvgIpc) is 2.64. The summed E-state index contributed by atoms with van der Waals surface area (Å²) in [7, 11) is 2.47. The first kappa shape index (κ1) is 14.8. The summed E-state index contributed by atoms with van der Waals surface area (Å²) in [5, 5.41) is 21.4. The molecule has 0 unspecified atom stereocenters. The highest BCUT2D eigenvalue weighted by molar-refractivity contribution is 5.87. The number of nitrogens with one attached hydrogen (secondary N) is 1. The normalized spacial score (nSPS) is 32.9. The minimum Gasteiger partial charge on any atom is -0.467 e. The van der Waals surface area contributed by atoms with Crippen LogP contribution in [0.3, 0.4) is 0 Å². The zero-order valence-corrected chi connectivity index (χ0v) is 10.3. The predicted octanol–water partition coefficient (Wildman–Crippen LogP) is -2.24. The van der Waals surface area contributed by atoms with Crippen molar-refractivity contribution < 1.29 is 34.0 Å². The second-order valence-corrected chi connectivity index (χ2v) is 3.90. The summed E-state index contributed by atoms with van der Waals surface area (Å²) in [6.07, 6.45) is -5.11. The monoisotopic (exact) mass is 263 g/mol. The first-order chi connectivity index (χ1) is 8.42. The molecule has 0 bridgehead atoms. The predicted molar refractivity (Wildman–Crippen MR) is 57.3 cm³/mol. The van der Waals surface area contributed by atoms with Gasteiger partial charge in [-0.15, -0.1) is 0 Å². The van der Waals surface area contributed by atoms with Crippen LogP contribution in [0.2, 0.25) is 0 Å². The van der Waals surface area contributed by atoms with E-state index in [9.17, 15) is 19.8 Å². The molecule has 0 radical (unpaired) electrons. The van der Waals surface area contributed by atoms with Crippen molar-refractivity contribution in [2.45, 2.75) is 37.6 Å². The van der Waals surface area contributed by atoms with Crippen LogP contribution in [0.15, 0.2) is 0 Å². The molecule has 1 saturated heterocycles. The molecular formula is C10H17NO7. The first-order valence-electron chi connectivity index (χ1n) is 5.35. The zero-order valence-electron chi connectivity index (χ0n) is 10.3. The molecule has 0 aromatic heterocycles. The molecule has 1 amide bonds. The Morgan fingerprint density at radius 1 is 1.28 bits per heavy atom. The number of methoxy groups -OCH3 is 2. The van der Waals surface area contributed by atoms with Gasteiger partial charge in [0.15, 0.2) is 12.4 Å². The quantitative estimate of drug-likeness (QED) is 0.491. The molecule has 0 aliphatic carbocycles. The number of carbonyl (C=O) groups excluding carboxylic acids is 2. The summed E-state index contributed by atoms with van der Waals surface area (Å²) in [5.41, 5.74) is 0. The van der Waals surface area contributed by atoms with Gasteiger partial charge in [0.2, 0.25) is 0 Å². The van der Waals surface area contributed by atoms with E-state index < -0.39 is 42.5 Å². The molecule has 1 heterocycles. The Kier molecular flexibility index (Phi) is 5.03. The maximum atomic E-state index is 11.7. The highest BCUT2D eigenvalue weighted by Gasteiger charge is 2.47. The molecule has 18 heavy (non-hydrogen) atoms. The summed E-state index contributed by atoms with van der Waals surface area (Å²) < 4.78 is 14.2. The van der Waals surface area contributed by atoms with Gasteiger partial charge in [-0.3, -0.25) is 4.79 Å². The van der Waals surface area contributed by atoms with Crippen LogP contribution in [0.25, 0.3) is 0 Å². The molecule has 104 valence electrons. The maximum absolute atomic E-state index is 11.7. The fourth-order valence-electron chi connectivity index (χ4n) is 1.59. The lowest BCUT2D eigenvalue weighted by molar-refractivity contribution is -0.162. The van der Waals surface area contributed by atoms with Crippen LogP contribution in [0.4, 0.5) is 0 Å². The molecule has 3 N–H and O–H groups in total. The van der Waals surface area contributed by atoms with Gasteiger partial charge in [0.05, 0.1) is 7.11 Å². The number of esters is 1. The van der Waals surface area contributed by atoms with Gasteiger partial charge in [-0.2, -0.15) is 0 Å². The molecule has 1 fully saturated rings. The Hall–Kier alpha value is -1.22. The van der Waals surface area contributed by atoms with Crippen molar-refractivity contribution in [1.29, 1.82) is 0 Å². The van der Waals surface area contributed by atoms with Crippen LogP contribution >= 0.6 is 0 Å². The molecule has 8 nitrogen and oxygen atoms in total. The molecule has 0 saturated carbocycles. The number of carbonyl (C=O) groups is 2. The fourth-order valence-corrected chi connectivity index (χ4v) is 1.59. The molecule has 1 aliphatic rings. The SMILES string of the molecule is COC(=O)[C@H](C)NC(=O)[C@H]1O[C@@H](OC)[C@H](O)[C@@H]1O. The number of rotatable bonds is 4. The maximum Gasteiger partial charge on any atom is 0.328 e. The van der Waals surface area contributed by atoms with Crippen LogP contribution in [0.1, 0.15) is 6.92 Å². The van der Waals surface area contributed by atoms with Crippen molar-refractivity contribution in [2.24, 2.45) is 0 Å². The summed E-state index contributed by atoms with van der Waals surface area (Å²) in [6, 6.07) is -0.878. The van der Waals surface area contributed by atoms with Gasteiger partial charge in [0, 0.05) is 7.11 Å². The van der Waals surface area contributed by atoms with Crippen molar-refractivity contribution in [3.8, 4) is 0 Å². The number of hydrogen-bond donors (Lipinski definition) is 3. The fraction of sp³-hybridized carbons (Fsp3) is 0.800. The molecular weight excluding hydrogens is 246 g/mol. The highest BCUT2D eigenvalue weighted by atomic mass is 16.7. The first-order valence-corrected chi connectivity index (χ1v) is 5.35. The molecule has 0 aromatic carbocycles. The smallest absolute Gasteiger partial charge is 0.328 e. The summed E-state index contributed by atoms with van der Waals surface area (Å²) in [6.45, 7) is 1.43. The molecule has 1 aliphatic heterocycles. The molecule has 0 aromatic rings. The van der Waals surface area contributed by atoms with Gasteiger partial charge < -0.3 is 29.7 Å². The van der Waals surface area contributed by atoms with E-state index >= 15 is 0 Å². The summed E-state index contributed by atoms with van der Waals surface area (Å²) in [5.74, 6) is -1.35. The Bertz CT molecular complexity index is 321. The van der Waals surface area contributed by atoms with Crippen molar-refractivity contribution in [3.63, 3.8) is 0 Å². The van der Waals surface area contributed by atoms with Crippen LogP contribution in [0, 0.1) is 0 Å². The number of aliphatic hydroxyl groups excluding tert-OH is 2. The van der Waals surface area contributed by atoms with E-state index in [0.29, 0.717) is 0 Å². The lowest BCUT2D eigenvalue weighted by Crippen LogP contribution is -2.48. The van der Waals surface area contributed by atoms with Gasteiger partial charge >= 0.3 is 5.97 Å². The largest absolute Gasteiger partial charge is 0.467 e. The zero-order chi connectivity index (χ0) is 13.9. The number of amides is 1. The lowest BCUT2D eigenvalue weighted by Gasteiger charge is -2.17. The number of aliphatic hydroxyl groups is 2. The van der Waals surface area contributed by atoms with E-state index in [1.165, 1.54) is 21.1 Å². The summed E-state index contributed by atoms with van der Waals surface area (Å²) >= 11 is 0. The number of hydrogen-bond acceptors (Lipinski definition) is 7. The molecule has 0 spiro atoms. The van der Waals surface area contributed by atoms with Crippen molar-refractivity contribution >= 4 is 11.9 Å². The van der Waals surface area contributed by atoms with Crippen LogP contribution in [-0.4, -0.2) is 67.0 Å². The van der Waals surface area contributed by atoms with E-state index in [1.807, 2.05) is 0 Å². The van der Waals surface area contributed by atoms with E-state index in [4.69, 9.17) is 9.47 Å².